The second-order valence-corrected chi connectivity index (χ2v) is 8.24. The zero-order valence-corrected chi connectivity index (χ0v) is 18.4. The third kappa shape index (κ3) is 4.53. The maximum Gasteiger partial charge on any atom is 0.261 e. The lowest BCUT2D eigenvalue weighted by atomic mass is 10.0. The van der Waals surface area contributed by atoms with Gasteiger partial charge in [0.1, 0.15) is 12.6 Å². The number of aromatic nitrogens is 5. The minimum absolute atomic E-state index is 0.0166. The lowest BCUT2D eigenvalue weighted by Crippen LogP contribution is -2.36. The van der Waals surface area contributed by atoms with E-state index in [1.807, 2.05) is 19.9 Å². The van der Waals surface area contributed by atoms with E-state index in [0.717, 1.165) is 10.0 Å². The monoisotopic (exact) mass is 482 g/mol. The van der Waals surface area contributed by atoms with Gasteiger partial charge in [0.2, 0.25) is 17.6 Å². The first-order chi connectivity index (χ1) is 14.9. The summed E-state index contributed by atoms with van der Waals surface area (Å²) in [6, 6.07) is 8.28. The van der Waals surface area contributed by atoms with Crippen LogP contribution in [-0.4, -0.2) is 30.6 Å². The first-order valence-electron chi connectivity index (χ1n) is 9.60. The third-order valence-corrected chi connectivity index (χ3v) is 5.22. The Labute approximate surface area is 185 Å². The van der Waals surface area contributed by atoms with Crippen LogP contribution in [0.5, 0.6) is 0 Å². The number of rotatable bonds is 6. The Bertz CT molecular complexity index is 1290. The minimum Gasteiger partial charge on any atom is -0.342 e. The van der Waals surface area contributed by atoms with Crippen LogP contribution in [0.1, 0.15) is 25.8 Å². The van der Waals surface area contributed by atoms with E-state index in [1.165, 1.54) is 10.9 Å². The molecular formula is C21H19BrN6O3. The molecule has 0 aliphatic rings. The fourth-order valence-corrected chi connectivity index (χ4v) is 3.47. The van der Waals surface area contributed by atoms with Crippen molar-refractivity contribution in [2.24, 2.45) is 5.92 Å². The molecule has 1 aromatic carbocycles. The number of carbonyl (C=O) groups is 1. The molecule has 0 aliphatic heterocycles. The molecule has 1 amide bonds. The van der Waals surface area contributed by atoms with Crippen molar-refractivity contribution in [1.29, 1.82) is 0 Å². The van der Waals surface area contributed by atoms with Gasteiger partial charge in [-0.05, 0) is 36.2 Å². The highest BCUT2D eigenvalue weighted by Gasteiger charge is 2.25. The van der Waals surface area contributed by atoms with Gasteiger partial charge in [-0.2, -0.15) is 4.98 Å². The van der Waals surface area contributed by atoms with Crippen molar-refractivity contribution in [3.05, 3.63) is 69.8 Å². The van der Waals surface area contributed by atoms with Gasteiger partial charge >= 0.3 is 0 Å². The van der Waals surface area contributed by atoms with E-state index >= 15 is 0 Å². The van der Waals surface area contributed by atoms with Crippen LogP contribution in [0.3, 0.4) is 0 Å². The molecule has 0 radical (unpaired) electrons. The molecule has 3 heterocycles. The van der Waals surface area contributed by atoms with Crippen LogP contribution in [0, 0.1) is 5.92 Å². The molecule has 0 saturated carbocycles. The molecule has 4 rings (SSSR count). The van der Waals surface area contributed by atoms with E-state index in [1.54, 1.807) is 36.7 Å². The molecule has 0 fully saturated rings. The standard InChI is InChI=1S/C21H19BrN6O3/c1-12(2)18(20-26-19(27-31-20)13-5-7-23-8-6-13)25-17(29)10-28-11-24-16-4-3-14(22)9-15(16)21(28)30/h3-9,11-12,18H,10H2,1-2H3,(H,25,29). The summed E-state index contributed by atoms with van der Waals surface area (Å²) in [6.07, 6.45) is 4.65. The summed E-state index contributed by atoms with van der Waals surface area (Å²) in [5.41, 5.74) is 1.04. The summed E-state index contributed by atoms with van der Waals surface area (Å²) >= 11 is 3.35. The van der Waals surface area contributed by atoms with Crippen LogP contribution in [0.25, 0.3) is 22.3 Å². The molecule has 0 bridgehead atoms. The Morgan fingerprint density at radius 1 is 1.23 bits per heavy atom. The molecule has 31 heavy (non-hydrogen) atoms. The van der Waals surface area contributed by atoms with Gasteiger partial charge in [0.05, 0.1) is 17.2 Å². The number of pyridine rings is 1. The maximum absolute atomic E-state index is 12.7. The molecule has 0 spiro atoms. The number of nitrogens with one attached hydrogen (secondary N) is 1. The molecule has 4 aromatic rings. The van der Waals surface area contributed by atoms with Crippen molar-refractivity contribution in [3.8, 4) is 11.4 Å². The Hall–Kier alpha value is -3.40. The number of amides is 1. The number of fused-ring (bicyclic) bond motifs is 1. The van der Waals surface area contributed by atoms with Crippen LogP contribution in [-0.2, 0) is 11.3 Å². The zero-order valence-electron chi connectivity index (χ0n) is 16.8. The van der Waals surface area contributed by atoms with Crippen molar-refractivity contribution in [2.75, 3.05) is 0 Å². The molecule has 1 unspecified atom stereocenters. The number of nitrogens with zero attached hydrogens (tertiary/aromatic N) is 5. The van der Waals surface area contributed by atoms with Gasteiger partial charge < -0.3 is 9.84 Å². The fourth-order valence-electron chi connectivity index (χ4n) is 3.11. The number of hydrogen-bond acceptors (Lipinski definition) is 7. The first-order valence-corrected chi connectivity index (χ1v) is 10.4. The van der Waals surface area contributed by atoms with Crippen LogP contribution < -0.4 is 10.9 Å². The third-order valence-electron chi connectivity index (χ3n) is 4.73. The van der Waals surface area contributed by atoms with Gasteiger partial charge in [-0.1, -0.05) is 34.9 Å². The van der Waals surface area contributed by atoms with Gasteiger partial charge in [-0.25, -0.2) is 4.98 Å². The molecule has 9 nitrogen and oxygen atoms in total. The van der Waals surface area contributed by atoms with Gasteiger partial charge in [0.15, 0.2) is 0 Å². The van der Waals surface area contributed by atoms with Gasteiger partial charge in [-0.15, -0.1) is 0 Å². The maximum atomic E-state index is 12.7. The molecule has 0 saturated heterocycles. The first kappa shape index (κ1) is 20.9. The van der Waals surface area contributed by atoms with Crippen molar-refractivity contribution in [3.63, 3.8) is 0 Å². The molecule has 1 N–H and O–H groups in total. The van der Waals surface area contributed by atoms with Crippen LogP contribution in [0.15, 0.2) is 62.8 Å². The van der Waals surface area contributed by atoms with E-state index < -0.39 is 6.04 Å². The number of carbonyl (C=O) groups excluding carboxylic acids is 1. The quantitative estimate of drug-likeness (QED) is 0.448. The van der Waals surface area contributed by atoms with Crippen LogP contribution in [0.2, 0.25) is 0 Å². The average molecular weight is 483 g/mol. The Balaban J connectivity index is 1.54. The highest BCUT2D eigenvalue weighted by Crippen LogP contribution is 2.23. The van der Waals surface area contributed by atoms with E-state index in [0.29, 0.717) is 22.6 Å². The molecule has 10 heteroatoms. The topological polar surface area (TPSA) is 116 Å². The fraction of sp³-hybridized carbons (Fsp3) is 0.238. The van der Waals surface area contributed by atoms with E-state index in [4.69, 9.17) is 4.52 Å². The molecule has 3 aromatic heterocycles. The van der Waals surface area contributed by atoms with E-state index in [2.05, 4.69) is 41.4 Å². The summed E-state index contributed by atoms with van der Waals surface area (Å²) in [6.45, 7) is 3.69. The smallest absolute Gasteiger partial charge is 0.261 e. The highest BCUT2D eigenvalue weighted by atomic mass is 79.9. The normalized spacial score (nSPS) is 12.3. The minimum atomic E-state index is -0.506. The second kappa shape index (κ2) is 8.76. The lowest BCUT2D eigenvalue weighted by molar-refractivity contribution is -0.123. The molecule has 158 valence electrons. The summed E-state index contributed by atoms with van der Waals surface area (Å²) in [5, 5.41) is 7.33. The predicted octanol–water partition coefficient (Wildman–Crippen LogP) is 3.12. The summed E-state index contributed by atoms with van der Waals surface area (Å²) < 4.78 is 7.45. The van der Waals surface area contributed by atoms with Crippen LogP contribution in [0.4, 0.5) is 0 Å². The molecule has 1 atom stereocenters. The predicted molar refractivity (Wildman–Crippen MR) is 117 cm³/mol. The summed E-state index contributed by atoms with van der Waals surface area (Å²) in [7, 11) is 0. The molecule has 0 aliphatic carbocycles. The van der Waals surface area contributed by atoms with E-state index in [-0.39, 0.29) is 23.9 Å². The number of halogens is 1. The van der Waals surface area contributed by atoms with Gasteiger partial charge in [0, 0.05) is 22.4 Å². The summed E-state index contributed by atoms with van der Waals surface area (Å²) in [5.74, 6) is 0.332. The highest BCUT2D eigenvalue weighted by molar-refractivity contribution is 9.10. The lowest BCUT2D eigenvalue weighted by Gasteiger charge is -2.18. The van der Waals surface area contributed by atoms with Gasteiger partial charge in [0.25, 0.3) is 5.56 Å². The SMILES string of the molecule is CC(C)C(NC(=O)Cn1cnc2ccc(Br)cc2c1=O)c1nc(-c2ccncc2)no1. The Morgan fingerprint density at radius 2 is 2.00 bits per heavy atom. The Morgan fingerprint density at radius 3 is 2.74 bits per heavy atom. The Kier molecular flexibility index (Phi) is 5.90. The number of hydrogen-bond donors (Lipinski definition) is 1. The van der Waals surface area contributed by atoms with Crippen molar-refractivity contribution in [2.45, 2.75) is 26.4 Å². The van der Waals surface area contributed by atoms with Gasteiger partial charge in [-0.3, -0.25) is 19.1 Å². The van der Waals surface area contributed by atoms with Crippen molar-refractivity contribution >= 4 is 32.7 Å². The van der Waals surface area contributed by atoms with Crippen molar-refractivity contribution < 1.29 is 9.32 Å². The van der Waals surface area contributed by atoms with Crippen LogP contribution >= 0.6 is 15.9 Å². The largest absolute Gasteiger partial charge is 0.342 e. The van der Waals surface area contributed by atoms with E-state index in [9.17, 15) is 9.59 Å². The van der Waals surface area contributed by atoms with Crippen molar-refractivity contribution in [1.82, 2.24) is 30.0 Å². The molecular weight excluding hydrogens is 464 g/mol. The number of benzene rings is 1. The second-order valence-electron chi connectivity index (χ2n) is 7.32. The summed E-state index contributed by atoms with van der Waals surface area (Å²) in [4.78, 5) is 38.1. The average Bonchev–Trinajstić information content (AvgIpc) is 3.25. The zero-order chi connectivity index (χ0) is 22.0.